The van der Waals surface area contributed by atoms with Crippen LogP contribution in [0.25, 0.3) is 0 Å². The molecule has 0 saturated heterocycles. The van der Waals surface area contributed by atoms with E-state index in [0.29, 0.717) is 31.4 Å². The van der Waals surface area contributed by atoms with Crippen molar-refractivity contribution in [2.45, 2.75) is 25.3 Å². The summed E-state index contributed by atoms with van der Waals surface area (Å²) < 4.78 is 17.9. The maximum atomic E-state index is 12.2. The number of rotatable bonds is 8. The summed E-state index contributed by atoms with van der Waals surface area (Å²) in [6.45, 7) is 5.85. The lowest BCUT2D eigenvalue weighted by atomic mass is 10.1. The second-order valence-electron chi connectivity index (χ2n) is 5.76. The van der Waals surface area contributed by atoms with Gasteiger partial charge in [-0.2, -0.15) is 0 Å². The van der Waals surface area contributed by atoms with E-state index in [4.69, 9.17) is 4.74 Å². The van der Waals surface area contributed by atoms with Gasteiger partial charge in [0.15, 0.2) is 5.96 Å². The maximum absolute atomic E-state index is 12.2. The smallest absolute Gasteiger partial charge is 0.191 e. The van der Waals surface area contributed by atoms with Crippen molar-refractivity contribution in [1.29, 1.82) is 0 Å². The minimum atomic E-state index is -1.02. The van der Waals surface area contributed by atoms with Crippen molar-refractivity contribution < 1.29 is 8.95 Å². The van der Waals surface area contributed by atoms with Crippen LogP contribution in [0.5, 0.6) is 5.75 Å². The van der Waals surface area contributed by atoms with E-state index in [9.17, 15) is 4.21 Å². The molecular weight excluding hydrogens is 473 g/mol. The van der Waals surface area contributed by atoms with Gasteiger partial charge in [0.2, 0.25) is 0 Å². The van der Waals surface area contributed by atoms with Crippen molar-refractivity contribution in [1.82, 2.24) is 10.6 Å². The van der Waals surface area contributed by atoms with Crippen molar-refractivity contribution in [3.8, 4) is 5.75 Å². The van der Waals surface area contributed by atoms with Crippen LogP contribution in [-0.2, 0) is 17.3 Å². The summed E-state index contributed by atoms with van der Waals surface area (Å²) in [5.74, 6) is 2.10. The van der Waals surface area contributed by atoms with E-state index in [0.717, 1.165) is 16.2 Å². The number of hydrogen-bond acceptors (Lipinski definition) is 3. The van der Waals surface area contributed by atoms with Gasteiger partial charge in [0.1, 0.15) is 5.75 Å². The van der Waals surface area contributed by atoms with E-state index in [1.807, 2.05) is 50.2 Å². The topological polar surface area (TPSA) is 62.7 Å². The molecule has 27 heavy (non-hydrogen) atoms. The summed E-state index contributed by atoms with van der Waals surface area (Å²) >= 11 is 0. The van der Waals surface area contributed by atoms with Gasteiger partial charge in [0.05, 0.1) is 17.4 Å². The van der Waals surface area contributed by atoms with Crippen molar-refractivity contribution in [2.24, 2.45) is 4.99 Å². The first-order valence-corrected chi connectivity index (χ1v) is 10.1. The molecule has 0 saturated carbocycles. The number of halogens is 1. The predicted molar refractivity (Wildman–Crippen MR) is 124 cm³/mol. The second kappa shape index (κ2) is 12.7. The highest BCUT2D eigenvalue weighted by Crippen LogP contribution is 2.20. The first-order valence-electron chi connectivity index (χ1n) is 8.74. The van der Waals surface area contributed by atoms with Crippen LogP contribution in [0.15, 0.2) is 58.4 Å². The molecule has 0 amide bonds. The Labute approximate surface area is 181 Å². The van der Waals surface area contributed by atoms with Crippen molar-refractivity contribution in [3.63, 3.8) is 0 Å². The number of guanidine groups is 1. The molecule has 0 bridgehead atoms. The minimum Gasteiger partial charge on any atom is -0.494 e. The molecule has 0 aromatic heterocycles. The van der Waals surface area contributed by atoms with Crippen LogP contribution in [0, 0.1) is 6.92 Å². The molecule has 2 aromatic rings. The van der Waals surface area contributed by atoms with Gasteiger partial charge in [0.25, 0.3) is 0 Å². The van der Waals surface area contributed by atoms with E-state index >= 15 is 0 Å². The van der Waals surface area contributed by atoms with Crippen molar-refractivity contribution in [2.75, 3.05) is 26.0 Å². The van der Waals surface area contributed by atoms with E-state index < -0.39 is 10.8 Å². The highest BCUT2D eigenvalue weighted by atomic mass is 127. The lowest BCUT2D eigenvalue weighted by Gasteiger charge is -2.15. The third kappa shape index (κ3) is 7.88. The highest BCUT2D eigenvalue weighted by Gasteiger charge is 2.07. The molecule has 0 aliphatic carbocycles. The summed E-state index contributed by atoms with van der Waals surface area (Å²) in [6.07, 6.45) is 0. The number of aryl methyl sites for hydroxylation is 1. The molecule has 0 fully saturated rings. The van der Waals surface area contributed by atoms with Crippen LogP contribution in [0.4, 0.5) is 0 Å². The van der Waals surface area contributed by atoms with Gasteiger partial charge >= 0.3 is 0 Å². The summed E-state index contributed by atoms with van der Waals surface area (Å²) in [7, 11) is 0.708. The van der Waals surface area contributed by atoms with E-state index in [1.165, 1.54) is 5.56 Å². The van der Waals surface area contributed by atoms with Crippen LogP contribution in [-0.4, -0.2) is 36.1 Å². The third-order valence-corrected chi connectivity index (χ3v) is 5.15. The normalized spacial score (nSPS) is 12.0. The van der Waals surface area contributed by atoms with E-state index in [-0.39, 0.29) is 24.0 Å². The quantitative estimate of drug-likeness (QED) is 0.331. The van der Waals surface area contributed by atoms with Crippen LogP contribution >= 0.6 is 24.0 Å². The second-order valence-corrected chi connectivity index (χ2v) is 7.33. The maximum Gasteiger partial charge on any atom is 0.191 e. The van der Waals surface area contributed by atoms with Gasteiger partial charge in [-0.3, -0.25) is 9.20 Å². The molecule has 7 heteroatoms. The predicted octanol–water partition coefficient (Wildman–Crippen LogP) is 3.48. The molecular formula is C20H28IN3O2S. The fourth-order valence-corrected chi connectivity index (χ4v) is 3.43. The number of aliphatic imine (C=N–C) groups is 1. The number of nitrogens with one attached hydrogen (secondary N) is 2. The van der Waals surface area contributed by atoms with E-state index in [2.05, 4.69) is 27.8 Å². The van der Waals surface area contributed by atoms with Crippen LogP contribution in [0.3, 0.4) is 0 Å². The Kier molecular flexibility index (Phi) is 11.0. The van der Waals surface area contributed by atoms with Crippen LogP contribution in [0.1, 0.15) is 18.1 Å². The molecule has 2 N–H and O–H groups in total. The SMILES string of the molecule is CCOc1cc(C)ccc1CNC(=NC)NCCS(=O)c1ccccc1.I. The zero-order valence-corrected chi connectivity index (χ0v) is 19.2. The highest BCUT2D eigenvalue weighted by molar-refractivity contribution is 14.0. The Morgan fingerprint density at radius 3 is 2.56 bits per heavy atom. The van der Waals surface area contributed by atoms with Gasteiger partial charge in [-0.15, -0.1) is 24.0 Å². The van der Waals surface area contributed by atoms with Gasteiger partial charge in [-0.25, -0.2) is 0 Å². The molecule has 0 radical (unpaired) electrons. The van der Waals surface area contributed by atoms with Crippen LogP contribution in [0.2, 0.25) is 0 Å². The van der Waals surface area contributed by atoms with Gasteiger partial charge in [-0.1, -0.05) is 30.3 Å². The molecule has 0 aliphatic rings. The molecule has 0 heterocycles. The first-order chi connectivity index (χ1) is 12.6. The Morgan fingerprint density at radius 1 is 1.15 bits per heavy atom. The lowest BCUT2D eigenvalue weighted by Crippen LogP contribution is -2.38. The molecule has 0 aliphatic heterocycles. The fraction of sp³-hybridized carbons (Fsp3) is 0.350. The number of hydrogen-bond donors (Lipinski definition) is 2. The third-order valence-electron chi connectivity index (χ3n) is 3.78. The summed E-state index contributed by atoms with van der Waals surface area (Å²) in [4.78, 5) is 5.07. The average molecular weight is 501 g/mol. The summed E-state index contributed by atoms with van der Waals surface area (Å²) in [6, 6.07) is 15.7. The summed E-state index contributed by atoms with van der Waals surface area (Å²) in [5.41, 5.74) is 2.25. The lowest BCUT2D eigenvalue weighted by molar-refractivity contribution is 0.336. The first kappa shape index (κ1) is 23.4. The van der Waals surface area contributed by atoms with E-state index in [1.54, 1.807) is 7.05 Å². The van der Waals surface area contributed by atoms with Crippen LogP contribution < -0.4 is 15.4 Å². The molecule has 2 rings (SSSR count). The Bertz CT molecular complexity index is 754. The number of benzene rings is 2. The zero-order chi connectivity index (χ0) is 18.8. The minimum absolute atomic E-state index is 0. The van der Waals surface area contributed by atoms with Gasteiger partial charge in [0, 0.05) is 36.3 Å². The Morgan fingerprint density at radius 2 is 1.89 bits per heavy atom. The molecule has 5 nitrogen and oxygen atoms in total. The zero-order valence-electron chi connectivity index (χ0n) is 16.0. The Balaban J connectivity index is 0.00000364. The Hall–Kier alpha value is -1.61. The largest absolute Gasteiger partial charge is 0.494 e. The fourth-order valence-electron chi connectivity index (χ4n) is 2.45. The average Bonchev–Trinajstić information content (AvgIpc) is 2.66. The van der Waals surface area contributed by atoms with Gasteiger partial charge in [-0.05, 0) is 37.6 Å². The molecule has 148 valence electrons. The van der Waals surface area contributed by atoms with Crippen molar-refractivity contribution in [3.05, 3.63) is 59.7 Å². The number of ether oxygens (including phenoxy) is 1. The van der Waals surface area contributed by atoms with Crippen molar-refractivity contribution >= 4 is 40.7 Å². The molecule has 1 atom stereocenters. The molecule has 1 unspecified atom stereocenters. The van der Waals surface area contributed by atoms with Gasteiger partial charge < -0.3 is 15.4 Å². The monoisotopic (exact) mass is 501 g/mol. The molecule has 2 aromatic carbocycles. The number of nitrogens with zero attached hydrogens (tertiary/aromatic N) is 1. The molecule has 0 spiro atoms. The standard InChI is InChI=1S/C20H27N3O2S.HI/c1-4-25-19-14-16(2)10-11-17(19)15-23-20(21-3)22-12-13-26(24)18-8-6-5-7-9-18;/h5-11,14H,4,12-13,15H2,1-3H3,(H2,21,22,23);1H. The summed E-state index contributed by atoms with van der Waals surface area (Å²) in [5, 5.41) is 6.49.